The minimum atomic E-state index is -0.969. The molecule has 0 aliphatic carbocycles. The van der Waals surface area contributed by atoms with Gasteiger partial charge in [-0.3, -0.25) is 0 Å². The first-order valence-corrected chi connectivity index (χ1v) is 9.48. The van der Waals surface area contributed by atoms with Gasteiger partial charge in [0.1, 0.15) is 0 Å². The molecule has 3 rings (SSSR count). The highest BCUT2D eigenvalue weighted by atomic mass is 16.5. The van der Waals surface area contributed by atoms with E-state index in [9.17, 15) is 9.59 Å². The van der Waals surface area contributed by atoms with Gasteiger partial charge in [0.15, 0.2) is 12.2 Å². The monoisotopic (exact) mass is 418 g/mol. The lowest BCUT2D eigenvalue weighted by Crippen LogP contribution is -2.21. The van der Waals surface area contributed by atoms with E-state index in [2.05, 4.69) is 5.32 Å². The molecule has 0 amide bonds. The summed E-state index contributed by atoms with van der Waals surface area (Å²) in [5.41, 5.74) is 6.79. The van der Waals surface area contributed by atoms with Crippen LogP contribution in [0.4, 0.5) is 0 Å². The van der Waals surface area contributed by atoms with Gasteiger partial charge in [-0.1, -0.05) is 60.7 Å². The van der Waals surface area contributed by atoms with Gasteiger partial charge in [-0.25, -0.2) is 9.59 Å². The number of hydrogen-bond acceptors (Lipinski definition) is 6. The Morgan fingerprint density at radius 3 is 1.50 bits per heavy atom. The third-order valence-corrected chi connectivity index (χ3v) is 4.22. The zero-order chi connectivity index (χ0) is 22.4. The normalized spacial score (nSPS) is 16.8. The molecule has 0 unspecified atom stereocenters. The van der Waals surface area contributed by atoms with E-state index in [1.54, 1.807) is 48.5 Å². The van der Waals surface area contributed by atoms with Gasteiger partial charge < -0.3 is 30.7 Å². The second-order valence-electron chi connectivity index (χ2n) is 6.48. The summed E-state index contributed by atoms with van der Waals surface area (Å²) in [5, 5.41) is 20.6. The summed E-state index contributed by atoms with van der Waals surface area (Å²) in [6.07, 6.45) is -0.558. The van der Waals surface area contributed by atoms with Crippen molar-refractivity contribution in [1.82, 2.24) is 5.32 Å². The largest absolute Gasteiger partial charge is 0.479 e. The molecule has 0 saturated carbocycles. The minimum absolute atomic E-state index is 0.435. The predicted octanol–water partition coefficient (Wildman–Crippen LogP) is 2.22. The van der Waals surface area contributed by atoms with E-state index in [4.69, 9.17) is 25.4 Å². The minimum Gasteiger partial charge on any atom is -0.479 e. The van der Waals surface area contributed by atoms with Crippen molar-refractivity contribution >= 4 is 11.9 Å². The lowest BCUT2D eigenvalue weighted by molar-refractivity contribution is -0.149. The van der Waals surface area contributed by atoms with E-state index in [0.717, 1.165) is 19.5 Å². The van der Waals surface area contributed by atoms with Crippen LogP contribution in [0.5, 0.6) is 0 Å². The molecule has 0 spiro atoms. The molecule has 30 heavy (non-hydrogen) atoms. The fourth-order valence-corrected chi connectivity index (χ4v) is 2.69. The van der Waals surface area contributed by atoms with Crippen LogP contribution in [-0.4, -0.2) is 55.5 Å². The number of hydrogen-bond donors (Lipinski definition) is 4. The van der Waals surface area contributed by atoms with Crippen LogP contribution >= 0.6 is 0 Å². The van der Waals surface area contributed by atoms with Gasteiger partial charge >= 0.3 is 11.9 Å². The van der Waals surface area contributed by atoms with Crippen molar-refractivity contribution in [1.29, 1.82) is 0 Å². The maximum atomic E-state index is 10.6. The molecule has 164 valence electrons. The topological polar surface area (TPSA) is 131 Å². The highest BCUT2D eigenvalue weighted by molar-refractivity contribution is 5.74. The van der Waals surface area contributed by atoms with Crippen molar-refractivity contribution in [2.75, 3.05) is 27.3 Å². The van der Waals surface area contributed by atoms with Crippen LogP contribution < -0.4 is 11.1 Å². The predicted molar refractivity (Wildman–Crippen MR) is 113 cm³/mol. The van der Waals surface area contributed by atoms with E-state index < -0.39 is 24.1 Å². The smallest absolute Gasteiger partial charge is 0.337 e. The molecular formula is C22H30N2O6. The maximum Gasteiger partial charge on any atom is 0.337 e. The lowest BCUT2D eigenvalue weighted by atomic mass is 10.1. The number of methoxy groups -OCH3 is 2. The van der Waals surface area contributed by atoms with Crippen molar-refractivity contribution in [3.05, 3.63) is 71.8 Å². The molecule has 1 heterocycles. The van der Waals surface area contributed by atoms with Gasteiger partial charge in [0.25, 0.3) is 0 Å². The molecule has 2 aromatic carbocycles. The molecule has 0 aromatic heterocycles. The molecule has 3 atom stereocenters. The number of rotatable bonds is 6. The Bertz CT molecular complexity index is 678. The van der Waals surface area contributed by atoms with Gasteiger partial charge in [-0.05, 0) is 24.1 Å². The molecule has 1 fully saturated rings. The molecule has 5 N–H and O–H groups in total. The number of carboxylic acid groups (broad SMARTS) is 2. The average molecular weight is 418 g/mol. The second kappa shape index (κ2) is 14.2. The zero-order valence-electron chi connectivity index (χ0n) is 17.2. The summed E-state index contributed by atoms with van der Waals surface area (Å²) >= 11 is 0. The lowest BCUT2D eigenvalue weighted by Gasteiger charge is -2.09. The van der Waals surface area contributed by atoms with Crippen molar-refractivity contribution in [2.24, 2.45) is 5.73 Å². The van der Waals surface area contributed by atoms with Crippen LogP contribution in [0.3, 0.4) is 0 Å². The fraction of sp³-hybridized carbons (Fsp3) is 0.364. The Hall–Kier alpha value is -2.78. The van der Waals surface area contributed by atoms with Crippen LogP contribution in [0.2, 0.25) is 0 Å². The Labute approximate surface area is 176 Å². The van der Waals surface area contributed by atoms with E-state index in [-0.39, 0.29) is 0 Å². The Kier molecular flexibility index (Phi) is 12.0. The molecule has 1 aliphatic heterocycles. The van der Waals surface area contributed by atoms with Crippen LogP contribution in [0.25, 0.3) is 0 Å². The Morgan fingerprint density at radius 2 is 1.30 bits per heavy atom. The molecule has 1 aliphatic rings. The van der Waals surface area contributed by atoms with Gasteiger partial charge in [0, 0.05) is 26.8 Å². The summed E-state index contributed by atoms with van der Waals surface area (Å²) in [6.45, 7) is 2.13. The third kappa shape index (κ3) is 9.15. The van der Waals surface area contributed by atoms with E-state index >= 15 is 0 Å². The summed E-state index contributed by atoms with van der Waals surface area (Å²) < 4.78 is 9.60. The first kappa shape index (κ1) is 25.3. The van der Waals surface area contributed by atoms with Crippen molar-refractivity contribution in [2.45, 2.75) is 24.7 Å². The average Bonchev–Trinajstić information content (AvgIpc) is 3.22. The van der Waals surface area contributed by atoms with E-state index in [0.29, 0.717) is 17.2 Å². The molecular weight excluding hydrogens is 388 g/mol. The summed E-state index contributed by atoms with van der Waals surface area (Å²) in [7, 11) is 2.76. The molecule has 8 heteroatoms. The maximum absolute atomic E-state index is 10.6. The first-order chi connectivity index (χ1) is 14.4. The van der Waals surface area contributed by atoms with Crippen LogP contribution in [-0.2, 0) is 19.1 Å². The number of carbonyl (C=O) groups is 2. The quantitative estimate of drug-likeness (QED) is 0.562. The number of carboxylic acids is 2. The van der Waals surface area contributed by atoms with Crippen molar-refractivity contribution in [3.8, 4) is 0 Å². The summed E-state index contributed by atoms with van der Waals surface area (Å²) in [6, 6.07) is 18.1. The second-order valence-corrected chi connectivity index (χ2v) is 6.48. The highest BCUT2D eigenvalue weighted by Crippen LogP contribution is 2.16. The van der Waals surface area contributed by atoms with Gasteiger partial charge in [0.05, 0.1) is 0 Å². The fourth-order valence-electron chi connectivity index (χ4n) is 2.69. The number of ether oxygens (including phenoxy) is 2. The first-order valence-electron chi connectivity index (χ1n) is 9.48. The SMILES string of the molecule is CO[C@@H](C(=O)O)c1ccccc1.CO[C@@H](C(=O)O)c1ccccc1.N[C@H]1CCNC1. The van der Waals surface area contributed by atoms with Crippen LogP contribution in [0.15, 0.2) is 60.7 Å². The molecule has 8 nitrogen and oxygen atoms in total. The molecule has 0 bridgehead atoms. The number of aliphatic carboxylic acids is 2. The van der Waals surface area contributed by atoms with E-state index in [1.807, 2.05) is 12.1 Å². The highest BCUT2D eigenvalue weighted by Gasteiger charge is 2.18. The summed E-state index contributed by atoms with van der Waals surface area (Å²) in [4.78, 5) is 21.2. The standard InChI is InChI=1S/2C9H10O3.C4H10N2/c2*1-12-8(9(10)11)7-5-3-2-4-6-7;5-4-1-2-6-3-4/h2*2-6,8H,1H3,(H,10,11);4,6H,1-3,5H2/t2*8-;4-/m110/s1. The number of benzene rings is 2. The van der Waals surface area contributed by atoms with Crippen molar-refractivity contribution in [3.63, 3.8) is 0 Å². The Morgan fingerprint density at radius 1 is 0.900 bits per heavy atom. The zero-order valence-corrected chi connectivity index (χ0v) is 17.2. The Balaban J connectivity index is 0.000000237. The molecule has 2 aromatic rings. The third-order valence-electron chi connectivity index (χ3n) is 4.22. The van der Waals surface area contributed by atoms with Crippen molar-refractivity contribution < 1.29 is 29.3 Å². The molecule has 1 saturated heterocycles. The number of nitrogens with two attached hydrogens (primary N) is 1. The van der Waals surface area contributed by atoms with Gasteiger partial charge in [0.2, 0.25) is 0 Å². The number of nitrogens with one attached hydrogen (secondary N) is 1. The van der Waals surface area contributed by atoms with Gasteiger partial charge in [-0.15, -0.1) is 0 Å². The van der Waals surface area contributed by atoms with Crippen LogP contribution in [0, 0.1) is 0 Å². The van der Waals surface area contributed by atoms with Gasteiger partial charge in [-0.2, -0.15) is 0 Å². The van der Waals surface area contributed by atoms with Crippen LogP contribution in [0.1, 0.15) is 29.8 Å². The molecule has 0 radical (unpaired) electrons. The van der Waals surface area contributed by atoms with E-state index in [1.165, 1.54) is 14.2 Å². The summed E-state index contributed by atoms with van der Waals surface area (Å²) in [5.74, 6) is -1.94.